The molecule has 0 aromatic heterocycles. The number of Topliss-reactive ketones (excluding diaryl/α,β-unsaturated/α-hetero) is 1. The molecule has 0 atom stereocenters. The van der Waals surface area contributed by atoms with Gasteiger partial charge in [0.15, 0.2) is 12.4 Å². The summed E-state index contributed by atoms with van der Waals surface area (Å²) in [5.41, 5.74) is 2.12. The van der Waals surface area contributed by atoms with Crippen LogP contribution < -0.4 is 10.0 Å². The SMILES string of the molecule is CC(=O)Nc1ccc(S(=O)(=O)NCC(=O)OCC(=O)c2ccc(C3CCCCC3)cc2)cc1. The molecule has 0 saturated heterocycles. The highest BCUT2D eigenvalue weighted by Crippen LogP contribution is 2.32. The molecule has 1 fully saturated rings. The van der Waals surface area contributed by atoms with Gasteiger partial charge in [0.1, 0.15) is 6.54 Å². The van der Waals surface area contributed by atoms with Gasteiger partial charge in [0.2, 0.25) is 15.9 Å². The van der Waals surface area contributed by atoms with E-state index in [-0.39, 0.29) is 16.6 Å². The number of ketones is 1. The number of rotatable bonds is 9. The second-order valence-corrected chi connectivity index (χ2v) is 9.84. The van der Waals surface area contributed by atoms with Gasteiger partial charge in [-0.2, -0.15) is 4.72 Å². The Hall–Kier alpha value is -3.04. The van der Waals surface area contributed by atoms with E-state index in [2.05, 4.69) is 10.0 Å². The van der Waals surface area contributed by atoms with Crippen LogP contribution in [0.2, 0.25) is 0 Å². The van der Waals surface area contributed by atoms with Crippen molar-refractivity contribution in [3.05, 3.63) is 59.7 Å². The standard InChI is InChI=1S/C24H28N2O6S/c1-17(27)26-21-11-13-22(14-12-21)33(30,31)25-15-24(29)32-16-23(28)20-9-7-19(8-10-20)18-5-3-2-4-6-18/h7-14,18,25H,2-6,15-16H2,1H3,(H,26,27). The summed E-state index contributed by atoms with van der Waals surface area (Å²) in [5, 5.41) is 2.53. The van der Waals surface area contributed by atoms with Crippen LogP contribution in [0.4, 0.5) is 5.69 Å². The highest BCUT2D eigenvalue weighted by molar-refractivity contribution is 7.89. The lowest BCUT2D eigenvalue weighted by Crippen LogP contribution is -2.31. The minimum absolute atomic E-state index is 0.0708. The number of sulfonamides is 1. The van der Waals surface area contributed by atoms with Gasteiger partial charge < -0.3 is 10.1 Å². The zero-order valence-corrected chi connectivity index (χ0v) is 19.3. The van der Waals surface area contributed by atoms with Crippen LogP contribution in [-0.4, -0.2) is 39.2 Å². The van der Waals surface area contributed by atoms with Crippen molar-refractivity contribution in [2.75, 3.05) is 18.5 Å². The Morgan fingerprint density at radius 3 is 2.18 bits per heavy atom. The Morgan fingerprint density at radius 1 is 0.939 bits per heavy atom. The molecule has 2 N–H and O–H groups in total. The molecule has 176 valence electrons. The summed E-state index contributed by atoms with van der Waals surface area (Å²) < 4.78 is 31.7. The predicted octanol–water partition coefficient (Wildman–Crippen LogP) is 3.40. The van der Waals surface area contributed by atoms with E-state index in [0.717, 1.165) is 0 Å². The van der Waals surface area contributed by atoms with Crippen LogP contribution in [-0.2, 0) is 24.3 Å². The van der Waals surface area contributed by atoms with Crippen LogP contribution in [0.5, 0.6) is 0 Å². The number of amides is 1. The smallest absolute Gasteiger partial charge is 0.321 e. The molecule has 8 nitrogen and oxygen atoms in total. The number of esters is 1. The van der Waals surface area contributed by atoms with Gasteiger partial charge in [-0.25, -0.2) is 8.42 Å². The molecule has 1 aliphatic rings. The van der Waals surface area contributed by atoms with Gasteiger partial charge in [-0.3, -0.25) is 14.4 Å². The van der Waals surface area contributed by atoms with E-state index >= 15 is 0 Å². The fourth-order valence-electron chi connectivity index (χ4n) is 3.82. The molecule has 9 heteroatoms. The lowest BCUT2D eigenvalue weighted by atomic mass is 9.84. The van der Waals surface area contributed by atoms with Gasteiger partial charge in [-0.05, 0) is 48.6 Å². The molecule has 0 heterocycles. The van der Waals surface area contributed by atoms with Gasteiger partial charge in [0.25, 0.3) is 0 Å². The van der Waals surface area contributed by atoms with Crippen LogP contribution in [0, 0.1) is 0 Å². The lowest BCUT2D eigenvalue weighted by molar-refractivity contribution is -0.141. The normalized spacial score (nSPS) is 14.5. The molecule has 1 amide bonds. The zero-order valence-electron chi connectivity index (χ0n) is 18.5. The average molecular weight is 473 g/mol. The Labute approximate surface area is 193 Å². The first-order valence-electron chi connectivity index (χ1n) is 10.9. The molecule has 0 bridgehead atoms. The third-order valence-electron chi connectivity index (χ3n) is 5.56. The van der Waals surface area contributed by atoms with Crippen LogP contribution in [0.1, 0.15) is 60.9 Å². The Kier molecular flexibility index (Phi) is 8.35. The van der Waals surface area contributed by atoms with Crippen molar-refractivity contribution in [3.63, 3.8) is 0 Å². The summed E-state index contributed by atoms with van der Waals surface area (Å²) in [4.78, 5) is 35.2. The van der Waals surface area contributed by atoms with Gasteiger partial charge in [0.05, 0.1) is 4.90 Å². The van der Waals surface area contributed by atoms with Crippen molar-refractivity contribution in [2.24, 2.45) is 0 Å². The summed E-state index contributed by atoms with van der Waals surface area (Å²) >= 11 is 0. The van der Waals surface area contributed by atoms with E-state index in [1.807, 2.05) is 12.1 Å². The van der Waals surface area contributed by atoms with Crippen molar-refractivity contribution in [1.82, 2.24) is 4.72 Å². The minimum Gasteiger partial charge on any atom is -0.456 e. The third kappa shape index (κ3) is 7.23. The summed E-state index contributed by atoms with van der Waals surface area (Å²) in [6, 6.07) is 12.9. The highest BCUT2D eigenvalue weighted by Gasteiger charge is 2.18. The summed E-state index contributed by atoms with van der Waals surface area (Å²) in [6.07, 6.45) is 6.07. The monoisotopic (exact) mass is 472 g/mol. The third-order valence-corrected chi connectivity index (χ3v) is 6.98. The molecular formula is C24H28N2O6S. The van der Waals surface area contributed by atoms with Crippen LogP contribution in [0.15, 0.2) is 53.4 Å². The maximum absolute atomic E-state index is 12.3. The van der Waals surface area contributed by atoms with E-state index in [1.165, 1.54) is 68.9 Å². The summed E-state index contributed by atoms with van der Waals surface area (Å²) in [7, 11) is -3.96. The molecule has 2 aromatic rings. The van der Waals surface area contributed by atoms with Gasteiger partial charge in [-0.15, -0.1) is 0 Å². The quantitative estimate of drug-likeness (QED) is 0.427. The van der Waals surface area contributed by atoms with E-state index in [9.17, 15) is 22.8 Å². The van der Waals surface area contributed by atoms with E-state index in [4.69, 9.17) is 4.74 Å². The van der Waals surface area contributed by atoms with Crippen LogP contribution in [0.3, 0.4) is 0 Å². The van der Waals surface area contributed by atoms with E-state index < -0.39 is 29.1 Å². The Balaban J connectivity index is 1.46. The van der Waals surface area contributed by atoms with Gasteiger partial charge in [0, 0.05) is 18.2 Å². The maximum Gasteiger partial charge on any atom is 0.321 e. The number of benzene rings is 2. The van der Waals surface area contributed by atoms with Crippen LogP contribution in [0.25, 0.3) is 0 Å². The maximum atomic E-state index is 12.3. The summed E-state index contributed by atoms with van der Waals surface area (Å²) in [5.74, 6) is -0.952. The lowest BCUT2D eigenvalue weighted by Gasteiger charge is -2.22. The first-order valence-corrected chi connectivity index (χ1v) is 12.4. The molecule has 0 unspecified atom stereocenters. The van der Waals surface area contributed by atoms with Crippen molar-refractivity contribution in [1.29, 1.82) is 0 Å². The first-order chi connectivity index (χ1) is 15.7. The number of nitrogens with one attached hydrogen (secondary N) is 2. The van der Waals surface area contributed by atoms with Crippen LogP contribution >= 0.6 is 0 Å². The van der Waals surface area contributed by atoms with Crippen molar-refractivity contribution >= 4 is 33.4 Å². The molecule has 0 aliphatic heterocycles. The van der Waals surface area contributed by atoms with Gasteiger partial charge in [-0.1, -0.05) is 43.5 Å². The Morgan fingerprint density at radius 2 is 1.58 bits per heavy atom. The molecule has 0 radical (unpaired) electrons. The fourth-order valence-corrected chi connectivity index (χ4v) is 4.78. The van der Waals surface area contributed by atoms with Crippen molar-refractivity contribution in [3.8, 4) is 0 Å². The average Bonchev–Trinajstić information content (AvgIpc) is 2.82. The minimum atomic E-state index is -3.96. The first kappa shape index (κ1) is 24.6. The van der Waals surface area contributed by atoms with Crippen molar-refractivity contribution in [2.45, 2.75) is 49.8 Å². The Bertz CT molecular complexity index is 1090. The van der Waals surface area contributed by atoms with Crippen molar-refractivity contribution < 1.29 is 27.5 Å². The van der Waals surface area contributed by atoms with Gasteiger partial charge >= 0.3 is 5.97 Å². The molecule has 1 aliphatic carbocycles. The summed E-state index contributed by atoms with van der Waals surface area (Å²) in [6.45, 7) is 0.271. The van der Waals surface area contributed by atoms with E-state index in [1.54, 1.807) is 12.1 Å². The number of anilines is 1. The molecule has 33 heavy (non-hydrogen) atoms. The number of carbonyl (C=O) groups is 3. The molecule has 2 aromatic carbocycles. The topological polar surface area (TPSA) is 119 Å². The highest BCUT2D eigenvalue weighted by atomic mass is 32.2. The molecular weight excluding hydrogens is 444 g/mol. The molecule has 0 spiro atoms. The number of hydrogen-bond donors (Lipinski definition) is 2. The molecule has 3 rings (SSSR count). The molecule has 1 saturated carbocycles. The predicted molar refractivity (Wildman–Crippen MR) is 123 cm³/mol. The fraction of sp³-hybridized carbons (Fsp3) is 0.375. The number of carbonyl (C=O) groups excluding carboxylic acids is 3. The number of hydrogen-bond acceptors (Lipinski definition) is 6. The second kappa shape index (κ2) is 11.2. The second-order valence-electron chi connectivity index (χ2n) is 8.07. The number of ether oxygens (including phenoxy) is 1. The largest absolute Gasteiger partial charge is 0.456 e. The zero-order chi connectivity index (χ0) is 23.8. The van der Waals surface area contributed by atoms with E-state index in [0.29, 0.717) is 17.2 Å².